The van der Waals surface area contributed by atoms with E-state index in [1.165, 1.54) is 0 Å². The number of alkyl halides is 2. The SMILES string of the molecule is CCC1CC(OC(=O)N2CC(F)(F)C2)CC1c1nnc2cnc3[nH]ccc3n12. The molecule has 2 fully saturated rings. The second-order valence-electron chi connectivity index (χ2n) is 7.69. The molecule has 4 heterocycles. The van der Waals surface area contributed by atoms with Crippen molar-refractivity contribution in [2.45, 2.75) is 44.1 Å². The van der Waals surface area contributed by atoms with E-state index in [4.69, 9.17) is 4.74 Å². The molecule has 0 spiro atoms. The summed E-state index contributed by atoms with van der Waals surface area (Å²) < 4.78 is 33.5. The van der Waals surface area contributed by atoms with E-state index in [0.717, 1.165) is 28.3 Å². The van der Waals surface area contributed by atoms with Crippen molar-refractivity contribution < 1.29 is 18.3 Å². The number of aromatic amines is 1. The molecule has 2 aliphatic rings. The number of ether oxygens (including phenoxy) is 1. The summed E-state index contributed by atoms with van der Waals surface area (Å²) in [6.07, 6.45) is 4.71. The molecule has 28 heavy (non-hydrogen) atoms. The monoisotopic (exact) mass is 390 g/mol. The number of likely N-dealkylation sites (tertiary alicyclic amines) is 1. The van der Waals surface area contributed by atoms with Gasteiger partial charge in [-0.05, 0) is 24.8 Å². The smallest absolute Gasteiger partial charge is 0.410 e. The zero-order valence-corrected chi connectivity index (χ0v) is 15.3. The van der Waals surface area contributed by atoms with Crippen LogP contribution in [0.3, 0.4) is 0 Å². The molecule has 1 amide bonds. The lowest BCUT2D eigenvalue weighted by atomic mass is 9.93. The van der Waals surface area contributed by atoms with E-state index in [2.05, 4.69) is 27.1 Å². The van der Waals surface area contributed by atoms with Gasteiger partial charge in [-0.1, -0.05) is 13.3 Å². The van der Waals surface area contributed by atoms with Gasteiger partial charge >= 0.3 is 6.09 Å². The van der Waals surface area contributed by atoms with Crippen molar-refractivity contribution in [3.63, 3.8) is 0 Å². The second kappa shape index (κ2) is 6.11. The fourth-order valence-corrected chi connectivity index (χ4v) is 4.43. The summed E-state index contributed by atoms with van der Waals surface area (Å²) in [5.41, 5.74) is 2.32. The third-order valence-corrected chi connectivity index (χ3v) is 5.84. The summed E-state index contributed by atoms with van der Waals surface area (Å²) in [6.45, 7) is 0.966. The van der Waals surface area contributed by atoms with Gasteiger partial charge in [-0.3, -0.25) is 9.30 Å². The van der Waals surface area contributed by atoms with Gasteiger partial charge in [0.25, 0.3) is 5.92 Å². The quantitative estimate of drug-likeness (QED) is 0.743. The Morgan fingerprint density at radius 2 is 2.18 bits per heavy atom. The van der Waals surface area contributed by atoms with E-state index < -0.39 is 25.1 Å². The highest BCUT2D eigenvalue weighted by molar-refractivity contribution is 5.74. The van der Waals surface area contributed by atoms with E-state index in [9.17, 15) is 13.6 Å². The van der Waals surface area contributed by atoms with Gasteiger partial charge < -0.3 is 9.72 Å². The van der Waals surface area contributed by atoms with Crippen molar-refractivity contribution in [1.82, 2.24) is 29.5 Å². The lowest BCUT2D eigenvalue weighted by Crippen LogP contribution is -2.58. The van der Waals surface area contributed by atoms with Crippen LogP contribution in [-0.4, -0.2) is 60.7 Å². The minimum absolute atomic E-state index is 0.0659. The molecule has 5 rings (SSSR count). The molecular formula is C18H20F2N6O2. The van der Waals surface area contributed by atoms with E-state index in [0.29, 0.717) is 18.5 Å². The van der Waals surface area contributed by atoms with Crippen molar-refractivity contribution in [3.05, 3.63) is 24.3 Å². The number of carbonyl (C=O) groups is 1. The summed E-state index contributed by atoms with van der Waals surface area (Å²) in [5, 5.41) is 8.66. The molecule has 148 valence electrons. The van der Waals surface area contributed by atoms with Crippen molar-refractivity contribution in [3.8, 4) is 0 Å². The first kappa shape index (κ1) is 17.3. The van der Waals surface area contributed by atoms with Gasteiger partial charge in [0.1, 0.15) is 11.9 Å². The van der Waals surface area contributed by atoms with Gasteiger partial charge in [0.05, 0.1) is 24.8 Å². The van der Waals surface area contributed by atoms with Crippen LogP contribution in [0.1, 0.15) is 37.9 Å². The standard InChI is InChI=1S/C18H20F2N6O2/c1-2-10-5-11(28-17(27)25-8-18(19,20)9-25)6-12(10)16-24-23-14-7-22-15-13(26(14)16)3-4-21-15/h3-4,7,10-12,21H,2,5-6,8-9H2,1H3. The first-order valence-electron chi connectivity index (χ1n) is 9.45. The Labute approximate surface area is 158 Å². The van der Waals surface area contributed by atoms with Gasteiger partial charge in [-0.15, -0.1) is 10.2 Å². The summed E-state index contributed by atoms with van der Waals surface area (Å²) in [6, 6.07) is 1.93. The molecule has 8 nitrogen and oxygen atoms in total. The van der Waals surface area contributed by atoms with Crippen LogP contribution in [0.15, 0.2) is 18.5 Å². The van der Waals surface area contributed by atoms with Crippen molar-refractivity contribution in [1.29, 1.82) is 0 Å². The summed E-state index contributed by atoms with van der Waals surface area (Å²) in [4.78, 5) is 20.6. The number of H-pyrrole nitrogens is 1. The molecule has 1 saturated heterocycles. The van der Waals surface area contributed by atoms with Crippen LogP contribution in [0, 0.1) is 5.92 Å². The normalized spacial score (nSPS) is 26.7. The maximum absolute atomic E-state index is 13.0. The summed E-state index contributed by atoms with van der Waals surface area (Å²) in [7, 11) is 0. The predicted octanol–water partition coefficient (Wildman–Crippen LogP) is 2.97. The number of fused-ring (bicyclic) bond motifs is 3. The highest BCUT2D eigenvalue weighted by Crippen LogP contribution is 2.43. The highest BCUT2D eigenvalue weighted by Gasteiger charge is 2.48. The number of rotatable bonds is 3. The number of aromatic nitrogens is 5. The molecule has 0 aromatic carbocycles. The third kappa shape index (κ3) is 2.70. The summed E-state index contributed by atoms with van der Waals surface area (Å²) in [5.74, 6) is -1.64. The molecule has 10 heteroatoms. The van der Waals surface area contributed by atoms with E-state index in [1.54, 1.807) is 6.20 Å². The molecule has 3 aromatic heterocycles. The van der Waals surface area contributed by atoms with Gasteiger partial charge in [-0.25, -0.2) is 18.6 Å². The number of halogens is 2. The Balaban J connectivity index is 1.39. The molecule has 3 atom stereocenters. The average molecular weight is 390 g/mol. The average Bonchev–Trinajstić information content (AvgIpc) is 3.35. The molecule has 1 aliphatic carbocycles. The van der Waals surface area contributed by atoms with Gasteiger partial charge in [0.15, 0.2) is 11.3 Å². The molecule has 3 aromatic rings. The molecule has 3 unspecified atom stereocenters. The summed E-state index contributed by atoms with van der Waals surface area (Å²) >= 11 is 0. The zero-order valence-electron chi connectivity index (χ0n) is 15.3. The van der Waals surface area contributed by atoms with Crippen LogP contribution in [0.25, 0.3) is 16.8 Å². The van der Waals surface area contributed by atoms with Gasteiger partial charge in [-0.2, -0.15) is 0 Å². The van der Waals surface area contributed by atoms with Gasteiger partial charge in [0, 0.05) is 12.1 Å². The van der Waals surface area contributed by atoms with Gasteiger partial charge in [0.2, 0.25) is 0 Å². The van der Waals surface area contributed by atoms with Crippen molar-refractivity contribution in [2.75, 3.05) is 13.1 Å². The first-order chi connectivity index (χ1) is 13.4. The minimum atomic E-state index is -2.79. The van der Waals surface area contributed by atoms with Crippen LogP contribution in [0.5, 0.6) is 0 Å². The maximum Gasteiger partial charge on any atom is 0.410 e. The molecule has 1 aliphatic heterocycles. The van der Waals surface area contributed by atoms with Crippen LogP contribution >= 0.6 is 0 Å². The number of hydrogen-bond acceptors (Lipinski definition) is 5. The second-order valence-corrected chi connectivity index (χ2v) is 7.69. The van der Waals surface area contributed by atoms with Crippen LogP contribution in [0.4, 0.5) is 13.6 Å². The number of carbonyl (C=O) groups excluding carboxylic acids is 1. The molecule has 0 bridgehead atoms. The minimum Gasteiger partial charge on any atom is -0.446 e. The Morgan fingerprint density at radius 3 is 2.93 bits per heavy atom. The number of hydrogen-bond donors (Lipinski definition) is 1. The predicted molar refractivity (Wildman–Crippen MR) is 95.2 cm³/mol. The zero-order chi connectivity index (χ0) is 19.5. The molecular weight excluding hydrogens is 370 g/mol. The van der Waals surface area contributed by atoms with Crippen molar-refractivity contribution in [2.24, 2.45) is 5.92 Å². The van der Waals surface area contributed by atoms with Crippen LogP contribution in [-0.2, 0) is 4.74 Å². The van der Waals surface area contributed by atoms with Crippen LogP contribution < -0.4 is 0 Å². The molecule has 0 radical (unpaired) electrons. The third-order valence-electron chi connectivity index (χ3n) is 5.84. The Kier molecular flexibility index (Phi) is 3.78. The molecule has 1 N–H and O–H groups in total. The number of nitrogens with zero attached hydrogens (tertiary/aromatic N) is 5. The topological polar surface area (TPSA) is 88.4 Å². The lowest BCUT2D eigenvalue weighted by Gasteiger charge is -2.38. The first-order valence-corrected chi connectivity index (χ1v) is 9.45. The maximum atomic E-state index is 13.0. The number of amides is 1. The Morgan fingerprint density at radius 1 is 1.36 bits per heavy atom. The van der Waals surface area contributed by atoms with E-state index in [-0.39, 0.29) is 17.9 Å². The van der Waals surface area contributed by atoms with E-state index >= 15 is 0 Å². The fraction of sp³-hybridized carbons (Fsp3) is 0.556. The highest BCUT2D eigenvalue weighted by atomic mass is 19.3. The Bertz CT molecular complexity index is 1040. The fourth-order valence-electron chi connectivity index (χ4n) is 4.43. The lowest BCUT2D eigenvalue weighted by molar-refractivity contribution is -0.122. The van der Waals surface area contributed by atoms with Crippen molar-refractivity contribution >= 4 is 22.9 Å². The largest absolute Gasteiger partial charge is 0.446 e. The Hall–Kier alpha value is -2.78. The van der Waals surface area contributed by atoms with Crippen LogP contribution in [0.2, 0.25) is 0 Å². The molecule has 1 saturated carbocycles. The number of nitrogens with one attached hydrogen (secondary N) is 1. The van der Waals surface area contributed by atoms with E-state index in [1.807, 2.05) is 16.7 Å².